The summed E-state index contributed by atoms with van der Waals surface area (Å²) in [6.45, 7) is 0.878. The third kappa shape index (κ3) is 3.80. The number of rotatable bonds is 4. The van der Waals surface area contributed by atoms with Crippen molar-refractivity contribution in [2.24, 2.45) is 0 Å². The molecule has 1 aromatic heterocycles. The number of likely N-dealkylation sites (tertiary alicyclic amines) is 1. The highest BCUT2D eigenvalue weighted by molar-refractivity contribution is 6.46. The van der Waals surface area contributed by atoms with E-state index >= 15 is 0 Å². The van der Waals surface area contributed by atoms with Gasteiger partial charge >= 0.3 is 0 Å². The van der Waals surface area contributed by atoms with Crippen molar-refractivity contribution < 1.29 is 28.6 Å². The molecule has 0 spiro atoms. The molecule has 2 aliphatic rings. The standard InChI is InChI=1S/C25H19FN2O5/c26-18-6-3-16(4-7-18)22-21(23(29)17-5-8-19-20(12-17)33-11-10-32-19)24(30)25(31)28(22)14-15-2-1-9-27-13-15/h1-9,12-13,22,29H,10-11,14H2/b23-21+/t22-/m0/s1. The van der Waals surface area contributed by atoms with E-state index < -0.39 is 23.5 Å². The summed E-state index contributed by atoms with van der Waals surface area (Å²) >= 11 is 0. The number of aliphatic hydroxyl groups is 1. The van der Waals surface area contributed by atoms with Crippen LogP contribution in [0.1, 0.15) is 22.7 Å². The normalized spacial score (nSPS) is 19.1. The largest absolute Gasteiger partial charge is 0.507 e. The lowest BCUT2D eigenvalue weighted by Gasteiger charge is -2.25. The molecule has 33 heavy (non-hydrogen) atoms. The molecule has 1 N–H and O–H groups in total. The second kappa shape index (κ2) is 8.38. The van der Waals surface area contributed by atoms with Crippen molar-refractivity contribution in [1.82, 2.24) is 9.88 Å². The maximum Gasteiger partial charge on any atom is 0.295 e. The molecule has 0 unspecified atom stereocenters. The van der Waals surface area contributed by atoms with Gasteiger partial charge in [-0.3, -0.25) is 14.6 Å². The summed E-state index contributed by atoms with van der Waals surface area (Å²) in [6, 6.07) is 12.9. The quantitative estimate of drug-likeness (QED) is 0.374. The van der Waals surface area contributed by atoms with Crippen LogP contribution in [0.5, 0.6) is 11.5 Å². The smallest absolute Gasteiger partial charge is 0.295 e. The van der Waals surface area contributed by atoms with E-state index in [4.69, 9.17) is 9.47 Å². The van der Waals surface area contributed by atoms with Crippen LogP contribution in [0.3, 0.4) is 0 Å². The Balaban J connectivity index is 1.63. The Morgan fingerprint density at radius 1 is 1.06 bits per heavy atom. The number of aromatic nitrogens is 1. The van der Waals surface area contributed by atoms with Crippen LogP contribution in [0.25, 0.3) is 5.76 Å². The first-order valence-electron chi connectivity index (χ1n) is 10.4. The van der Waals surface area contributed by atoms with Crippen molar-refractivity contribution in [3.05, 3.63) is 95.1 Å². The minimum atomic E-state index is -0.904. The molecule has 2 aliphatic heterocycles. The molecule has 2 aromatic carbocycles. The number of amides is 1. The lowest BCUT2D eigenvalue weighted by molar-refractivity contribution is -0.140. The first kappa shape index (κ1) is 20.7. The number of Topliss-reactive ketones (excluding diaryl/α,β-unsaturated/α-hetero) is 1. The van der Waals surface area contributed by atoms with Crippen LogP contribution in [0.15, 0.2) is 72.6 Å². The van der Waals surface area contributed by atoms with Crippen LogP contribution in [0, 0.1) is 5.82 Å². The van der Waals surface area contributed by atoms with Gasteiger partial charge in [-0.15, -0.1) is 0 Å². The molecule has 3 heterocycles. The van der Waals surface area contributed by atoms with Gasteiger partial charge in [-0.2, -0.15) is 0 Å². The maximum atomic E-state index is 13.6. The topological polar surface area (TPSA) is 89.0 Å². The minimum absolute atomic E-state index is 0.0767. The van der Waals surface area contributed by atoms with E-state index in [0.717, 1.165) is 0 Å². The zero-order valence-corrected chi connectivity index (χ0v) is 17.4. The van der Waals surface area contributed by atoms with Crippen molar-refractivity contribution in [2.75, 3.05) is 13.2 Å². The average Bonchev–Trinajstić information content (AvgIpc) is 3.09. The van der Waals surface area contributed by atoms with E-state index in [-0.39, 0.29) is 17.9 Å². The van der Waals surface area contributed by atoms with Crippen LogP contribution in [0.4, 0.5) is 4.39 Å². The molecular formula is C25H19FN2O5. The Morgan fingerprint density at radius 2 is 1.82 bits per heavy atom. The van der Waals surface area contributed by atoms with Gasteiger partial charge in [-0.1, -0.05) is 18.2 Å². The van der Waals surface area contributed by atoms with Crippen molar-refractivity contribution in [1.29, 1.82) is 0 Å². The summed E-state index contributed by atoms with van der Waals surface area (Å²) in [5.41, 5.74) is 1.45. The van der Waals surface area contributed by atoms with Gasteiger partial charge in [0.15, 0.2) is 11.5 Å². The third-order valence-electron chi connectivity index (χ3n) is 5.62. The molecule has 7 nitrogen and oxygen atoms in total. The molecule has 0 bridgehead atoms. The number of hydrogen-bond acceptors (Lipinski definition) is 6. The molecule has 0 radical (unpaired) electrons. The maximum absolute atomic E-state index is 13.6. The Bertz CT molecular complexity index is 1260. The summed E-state index contributed by atoms with van der Waals surface area (Å²) in [6.07, 6.45) is 3.21. The SMILES string of the molecule is O=C1C(=O)N(Cc2cccnc2)[C@@H](c2ccc(F)cc2)/C1=C(\O)c1ccc2c(c1)OCCO2. The molecule has 3 aromatic rings. The number of hydrogen-bond donors (Lipinski definition) is 1. The zero-order valence-electron chi connectivity index (χ0n) is 17.4. The molecule has 0 aliphatic carbocycles. The highest BCUT2D eigenvalue weighted by Crippen LogP contribution is 2.41. The van der Waals surface area contributed by atoms with Crippen molar-refractivity contribution in [2.45, 2.75) is 12.6 Å². The van der Waals surface area contributed by atoms with Crippen molar-refractivity contribution >= 4 is 17.4 Å². The van der Waals surface area contributed by atoms with Gasteiger partial charge in [0.05, 0.1) is 11.6 Å². The predicted molar refractivity (Wildman–Crippen MR) is 116 cm³/mol. The number of fused-ring (bicyclic) bond motifs is 1. The van der Waals surface area contributed by atoms with E-state index in [2.05, 4.69) is 4.98 Å². The van der Waals surface area contributed by atoms with Gasteiger partial charge in [-0.25, -0.2) is 4.39 Å². The molecule has 166 valence electrons. The highest BCUT2D eigenvalue weighted by atomic mass is 19.1. The molecule has 1 amide bonds. The van der Waals surface area contributed by atoms with Crippen LogP contribution in [-0.2, 0) is 16.1 Å². The predicted octanol–water partition coefficient (Wildman–Crippen LogP) is 3.61. The Hall–Kier alpha value is -4.20. The fourth-order valence-electron chi connectivity index (χ4n) is 4.07. The number of aliphatic hydroxyl groups excluding tert-OH is 1. The molecule has 1 saturated heterocycles. The molecule has 5 rings (SSSR count). The van der Waals surface area contributed by atoms with Crippen molar-refractivity contribution in [3.63, 3.8) is 0 Å². The summed E-state index contributed by atoms with van der Waals surface area (Å²) < 4.78 is 24.7. The first-order chi connectivity index (χ1) is 16.0. The third-order valence-corrected chi connectivity index (χ3v) is 5.62. The number of ketones is 1. The molecule has 1 atom stereocenters. The fourth-order valence-corrected chi connectivity index (χ4v) is 4.07. The highest BCUT2D eigenvalue weighted by Gasteiger charge is 2.46. The van der Waals surface area contributed by atoms with E-state index in [9.17, 15) is 19.1 Å². The van der Waals surface area contributed by atoms with Gasteiger partial charge < -0.3 is 19.5 Å². The Morgan fingerprint density at radius 3 is 2.55 bits per heavy atom. The van der Waals surface area contributed by atoms with Crippen LogP contribution in [-0.4, -0.2) is 39.9 Å². The Kier molecular flexibility index (Phi) is 5.26. The van der Waals surface area contributed by atoms with E-state index in [1.807, 2.05) is 0 Å². The van der Waals surface area contributed by atoms with Crippen molar-refractivity contribution in [3.8, 4) is 11.5 Å². The summed E-state index contributed by atoms with van der Waals surface area (Å²) in [7, 11) is 0. The van der Waals surface area contributed by atoms with Gasteiger partial charge in [-0.05, 0) is 47.5 Å². The minimum Gasteiger partial charge on any atom is -0.507 e. The van der Waals surface area contributed by atoms with Gasteiger partial charge in [0, 0.05) is 24.5 Å². The monoisotopic (exact) mass is 446 g/mol. The van der Waals surface area contributed by atoms with Crippen LogP contribution < -0.4 is 9.47 Å². The summed E-state index contributed by atoms with van der Waals surface area (Å²) in [5.74, 6) is -1.39. The van der Waals surface area contributed by atoms with Crippen LogP contribution in [0.2, 0.25) is 0 Å². The zero-order chi connectivity index (χ0) is 22.9. The number of nitrogens with zero attached hydrogens (tertiary/aromatic N) is 2. The second-order valence-electron chi connectivity index (χ2n) is 7.70. The average molecular weight is 446 g/mol. The molecule has 1 fully saturated rings. The fraction of sp³-hybridized carbons (Fsp3) is 0.160. The molecule has 0 saturated carbocycles. The van der Waals surface area contributed by atoms with Gasteiger partial charge in [0.1, 0.15) is 24.8 Å². The number of benzene rings is 2. The number of pyridine rings is 1. The lowest BCUT2D eigenvalue weighted by Crippen LogP contribution is -2.29. The molecular weight excluding hydrogens is 427 g/mol. The lowest BCUT2D eigenvalue weighted by atomic mass is 9.95. The summed E-state index contributed by atoms with van der Waals surface area (Å²) in [5, 5.41) is 11.2. The van der Waals surface area contributed by atoms with E-state index in [1.165, 1.54) is 29.2 Å². The first-order valence-corrected chi connectivity index (χ1v) is 10.4. The number of halogens is 1. The second-order valence-corrected chi connectivity index (χ2v) is 7.70. The molecule has 8 heteroatoms. The summed E-state index contributed by atoms with van der Waals surface area (Å²) in [4.78, 5) is 31.6. The van der Waals surface area contributed by atoms with E-state index in [0.29, 0.717) is 41.4 Å². The Labute approximate surface area is 188 Å². The number of carbonyl (C=O) groups is 2. The van der Waals surface area contributed by atoms with E-state index in [1.54, 1.807) is 42.7 Å². The number of ether oxygens (including phenoxy) is 2. The van der Waals surface area contributed by atoms with Gasteiger partial charge in [0.25, 0.3) is 11.7 Å². The van der Waals surface area contributed by atoms with Gasteiger partial charge in [0.2, 0.25) is 0 Å². The number of carbonyl (C=O) groups excluding carboxylic acids is 2. The van der Waals surface area contributed by atoms with Crippen LogP contribution >= 0.6 is 0 Å².